The first-order valence-electron chi connectivity index (χ1n) is 8.70. The number of rotatable bonds is 7. The first-order chi connectivity index (χ1) is 12.8. The first kappa shape index (κ1) is 17.3. The topological polar surface area (TPSA) is 58.1 Å². The number of nitrogens with one attached hydrogen (secondary N) is 1. The van der Waals surface area contributed by atoms with E-state index in [9.17, 15) is 4.79 Å². The van der Waals surface area contributed by atoms with E-state index in [2.05, 4.69) is 27.4 Å². The molecule has 2 aromatic heterocycles. The van der Waals surface area contributed by atoms with Gasteiger partial charge in [-0.1, -0.05) is 17.8 Å². The van der Waals surface area contributed by atoms with Crippen LogP contribution in [0.25, 0.3) is 10.9 Å². The molecular formula is C19H20N4OS2. The Kier molecular flexibility index (Phi) is 5.36. The summed E-state index contributed by atoms with van der Waals surface area (Å²) < 4.78 is 1.06. The zero-order valence-corrected chi connectivity index (χ0v) is 15.9. The Balaban J connectivity index is 1.37. The van der Waals surface area contributed by atoms with E-state index in [1.807, 2.05) is 40.9 Å². The van der Waals surface area contributed by atoms with E-state index in [0.29, 0.717) is 6.42 Å². The number of fused-ring (bicyclic) bond motifs is 1. The highest BCUT2D eigenvalue weighted by molar-refractivity contribution is 8.01. The van der Waals surface area contributed by atoms with Gasteiger partial charge in [-0.25, -0.2) is 4.98 Å². The summed E-state index contributed by atoms with van der Waals surface area (Å²) in [5, 5.41) is 6.63. The van der Waals surface area contributed by atoms with Gasteiger partial charge in [0.2, 0.25) is 5.91 Å². The van der Waals surface area contributed by atoms with Crippen molar-refractivity contribution in [3.63, 3.8) is 0 Å². The zero-order chi connectivity index (χ0) is 17.8. The summed E-state index contributed by atoms with van der Waals surface area (Å²) in [5.74, 6) is 1.14. The molecule has 1 aromatic carbocycles. The monoisotopic (exact) mass is 384 g/mol. The number of carbonyl (C=O) groups excluding carboxylic acids is 1. The maximum absolute atomic E-state index is 12.3. The number of likely N-dealkylation sites (tertiary alicyclic amines) is 1. The second-order valence-electron chi connectivity index (χ2n) is 6.18. The van der Waals surface area contributed by atoms with Gasteiger partial charge in [-0.05, 0) is 30.7 Å². The summed E-state index contributed by atoms with van der Waals surface area (Å²) in [6.07, 6.45) is 5.19. The molecule has 1 aliphatic heterocycles. The van der Waals surface area contributed by atoms with Crippen molar-refractivity contribution in [3.8, 4) is 0 Å². The highest BCUT2D eigenvalue weighted by Gasteiger charge is 2.30. The average molecular weight is 385 g/mol. The fourth-order valence-corrected chi connectivity index (χ4v) is 4.96. The number of anilines is 1. The molecular weight excluding hydrogens is 364 g/mol. The molecule has 0 radical (unpaired) electrons. The third kappa shape index (κ3) is 3.83. The van der Waals surface area contributed by atoms with E-state index >= 15 is 0 Å². The summed E-state index contributed by atoms with van der Waals surface area (Å²) in [6.45, 7) is 1.54. The van der Waals surface area contributed by atoms with Crippen LogP contribution in [-0.4, -0.2) is 45.7 Å². The number of nitrogens with zero attached hydrogens (tertiary/aromatic N) is 3. The second-order valence-corrected chi connectivity index (χ2v) is 8.42. The maximum Gasteiger partial charge on any atom is 0.222 e. The largest absolute Gasteiger partial charge is 0.382 e. The lowest BCUT2D eigenvalue weighted by Gasteiger charge is -2.25. The number of thiazole rings is 1. The van der Waals surface area contributed by atoms with Crippen LogP contribution in [0.3, 0.4) is 0 Å². The number of pyridine rings is 1. The lowest BCUT2D eigenvalue weighted by Crippen LogP contribution is -2.39. The smallest absolute Gasteiger partial charge is 0.222 e. The second kappa shape index (κ2) is 8.05. The van der Waals surface area contributed by atoms with E-state index in [1.165, 1.54) is 0 Å². The summed E-state index contributed by atoms with van der Waals surface area (Å²) in [7, 11) is 0. The number of hydrogen-bond donors (Lipinski definition) is 1. The minimum atomic E-state index is 0.242. The molecule has 1 atom stereocenters. The summed E-state index contributed by atoms with van der Waals surface area (Å²) >= 11 is 3.36. The quantitative estimate of drug-likeness (QED) is 0.627. The van der Waals surface area contributed by atoms with Gasteiger partial charge in [0.25, 0.3) is 0 Å². The normalized spacial score (nSPS) is 17.2. The van der Waals surface area contributed by atoms with E-state index < -0.39 is 0 Å². The third-order valence-corrected chi connectivity index (χ3v) is 6.54. The van der Waals surface area contributed by atoms with Crippen LogP contribution in [0, 0.1) is 0 Å². The molecule has 0 bridgehead atoms. The van der Waals surface area contributed by atoms with Crippen LogP contribution in [0.4, 0.5) is 5.69 Å². The lowest BCUT2D eigenvalue weighted by molar-refractivity contribution is -0.128. The standard InChI is InChI=1S/C19H20N4OS2/c24-18-7-6-14(23(18)10-12-26-19-21-9-11-25-19)13-22-17-5-1-4-16-15(17)3-2-8-20-16/h1-5,8-9,11,14,22H,6-7,10,12-13H2/t14-/m1/s1. The molecule has 134 valence electrons. The lowest BCUT2D eigenvalue weighted by atomic mass is 10.1. The molecule has 1 N–H and O–H groups in total. The van der Waals surface area contributed by atoms with Crippen molar-refractivity contribution in [2.75, 3.05) is 24.2 Å². The minimum absolute atomic E-state index is 0.242. The SMILES string of the molecule is O=C1CC[C@H](CNc2cccc3ncccc23)N1CCSc1nccs1. The Morgan fingerprint density at radius 1 is 1.23 bits per heavy atom. The van der Waals surface area contributed by atoms with Crippen LogP contribution in [0.5, 0.6) is 0 Å². The van der Waals surface area contributed by atoms with Crippen molar-refractivity contribution in [2.45, 2.75) is 23.2 Å². The van der Waals surface area contributed by atoms with Crippen molar-refractivity contribution >= 4 is 45.6 Å². The van der Waals surface area contributed by atoms with Crippen LogP contribution in [-0.2, 0) is 4.79 Å². The molecule has 3 aromatic rings. The number of carbonyl (C=O) groups is 1. The van der Waals surface area contributed by atoms with E-state index in [4.69, 9.17) is 0 Å². The first-order valence-corrected chi connectivity index (χ1v) is 10.6. The van der Waals surface area contributed by atoms with Gasteiger partial charge in [0.1, 0.15) is 4.34 Å². The van der Waals surface area contributed by atoms with Gasteiger partial charge in [0.05, 0.1) is 5.52 Å². The molecule has 0 unspecified atom stereocenters. The molecule has 1 aliphatic rings. The van der Waals surface area contributed by atoms with Crippen LogP contribution >= 0.6 is 23.1 Å². The van der Waals surface area contributed by atoms with Gasteiger partial charge in [-0.2, -0.15) is 0 Å². The predicted molar refractivity (Wildman–Crippen MR) is 108 cm³/mol. The van der Waals surface area contributed by atoms with Gasteiger partial charge in [0.15, 0.2) is 0 Å². The van der Waals surface area contributed by atoms with Crippen molar-refractivity contribution in [3.05, 3.63) is 48.1 Å². The number of hydrogen-bond acceptors (Lipinski definition) is 6. The van der Waals surface area contributed by atoms with E-state index in [-0.39, 0.29) is 11.9 Å². The summed E-state index contributed by atoms with van der Waals surface area (Å²) in [4.78, 5) is 23.0. The molecule has 5 nitrogen and oxygen atoms in total. The molecule has 1 fully saturated rings. The molecule has 1 amide bonds. The number of benzene rings is 1. The van der Waals surface area contributed by atoms with Crippen molar-refractivity contribution in [1.82, 2.24) is 14.9 Å². The summed E-state index contributed by atoms with van der Waals surface area (Å²) in [5.41, 5.74) is 2.06. The van der Waals surface area contributed by atoms with Gasteiger partial charge in [0, 0.05) is 60.2 Å². The predicted octanol–water partition coefficient (Wildman–Crippen LogP) is 3.89. The molecule has 0 spiro atoms. The molecule has 26 heavy (non-hydrogen) atoms. The van der Waals surface area contributed by atoms with Gasteiger partial charge in [-0.3, -0.25) is 9.78 Å². The van der Waals surface area contributed by atoms with Crippen LogP contribution < -0.4 is 5.32 Å². The highest BCUT2D eigenvalue weighted by atomic mass is 32.2. The zero-order valence-electron chi connectivity index (χ0n) is 14.3. The fourth-order valence-electron chi connectivity index (χ4n) is 3.31. The van der Waals surface area contributed by atoms with Gasteiger partial charge in [-0.15, -0.1) is 11.3 Å². The Hall–Kier alpha value is -2.12. The number of aromatic nitrogens is 2. The maximum atomic E-state index is 12.3. The van der Waals surface area contributed by atoms with E-state index in [0.717, 1.165) is 46.2 Å². The molecule has 4 rings (SSSR count). The van der Waals surface area contributed by atoms with Gasteiger partial charge >= 0.3 is 0 Å². The number of thioether (sulfide) groups is 1. The Morgan fingerprint density at radius 2 is 2.19 bits per heavy atom. The third-order valence-electron chi connectivity index (χ3n) is 4.59. The van der Waals surface area contributed by atoms with Crippen LogP contribution in [0.1, 0.15) is 12.8 Å². The van der Waals surface area contributed by atoms with Crippen LogP contribution in [0.2, 0.25) is 0 Å². The van der Waals surface area contributed by atoms with Crippen molar-refractivity contribution < 1.29 is 4.79 Å². The number of amides is 1. The van der Waals surface area contributed by atoms with Crippen molar-refractivity contribution in [1.29, 1.82) is 0 Å². The summed E-state index contributed by atoms with van der Waals surface area (Å²) in [6, 6.07) is 10.4. The molecule has 1 saturated heterocycles. The molecule has 7 heteroatoms. The highest BCUT2D eigenvalue weighted by Crippen LogP contribution is 2.25. The van der Waals surface area contributed by atoms with Crippen molar-refractivity contribution in [2.24, 2.45) is 0 Å². The Labute approximate surface area is 160 Å². The Bertz CT molecular complexity index is 879. The van der Waals surface area contributed by atoms with Gasteiger partial charge < -0.3 is 10.2 Å². The van der Waals surface area contributed by atoms with E-state index in [1.54, 1.807) is 23.1 Å². The molecule has 3 heterocycles. The van der Waals surface area contributed by atoms with Crippen LogP contribution in [0.15, 0.2) is 52.4 Å². The minimum Gasteiger partial charge on any atom is -0.382 e. The Morgan fingerprint density at radius 3 is 3.08 bits per heavy atom. The molecule has 0 saturated carbocycles. The fraction of sp³-hybridized carbons (Fsp3) is 0.316. The average Bonchev–Trinajstić information content (AvgIpc) is 3.31. The molecule has 0 aliphatic carbocycles.